The second-order valence-electron chi connectivity index (χ2n) is 4.60. The van der Waals surface area contributed by atoms with Crippen molar-refractivity contribution in [2.45, 2.75) is 6.92 Å². The Labute approximate surface area is 110 Å². The summed E-state index contributed by atoms with van der Waals surface area (Å²) in [5, 5.41) is 1.96. The van der Waals surface area contributed by atoms with E-state index in [9.17, 15) is 4.39 Å². The van der Waals surface area contributed by atoms with Crippen LogP contribution in [0.4, 0.5) is 10.2 Å². The van der Waals surface area contributed by atoms with E-state index in [2.05, 4.69) is 4.98 Å². The highest BCUT2D eigenvalue weighted by Gasteiger charge is 2.08. The molecule has 1 heterocycles. The molecule has 0 amide bonds. The highest BCUT2D eigenvalue weighted by atomic mass is 19.1. The normalized spacial score (nSPS) is 10.8. The van der Waals surface area contributed by atoms with Gasteiger partial charge in [0.15, 0.2) is 0 Å². The van der Waals surface area contributed by atoms with Crippen LogP contribution in [-0.4, -0.2) is 4.98 Å². The Hall–Kier alpha value is -2.42. The van der Waals surface area contributed by atoms with Crippen molar-refractivity contribution in [1.82, 2.24) is 4.98 Å². The van der Waals surface area contributed by atoms with Crippen LogP contribution >= 0.6 is 0 Å². The lowest BCUT2D eigenvalue weighted by molar-refractivity contribution is 0.630. The number of aromatic nitrogens is 1. The van der Waals surface area contributed by atoms with Gasteiger partial charge in [0, 0.05) is 17.1 Å². The Morgan fingerprint density at radius 2 is 1.89 bits per heavy atom. The van der Waals surface area contributed by atoms with Crippen molar-refractivity contribution in [3.8, 4) is 11.1 Å². The minimum Gasteiger partial charge on any atom is -0.384 e. The number of benzene rings is 2. The van der Waals surface area contributed by atoms with Gasteiger partial charge in [-0.05, 0) is 41.6 Å². The van der Waals surface area contributed by atoms with Gasteiger partial charge in [0.05, 0.1) is 0 Å². The second-order valence-corrected chi connectivity index (χ2v) is 4.60. The maximum absolute atomic E-state index is 14.0. The number of nitrogens with zero attached hydrogens (tertiary/aromatic N) is 1. The maximum Gasteiger partial charge on any atom is 0.131 e. The van der Waals surface area contributed by atoms with Crippen LogP contribution in [0, 0.1) is 12.7 Å². The molecule has 0 spiro atoms. The fourth-order valence-corrected chi connectivity index (χ4v) is 2.31. The molecule has 3 aromatic rings. The quantitative estimate of drug-likeness (QED) is 0.712. The second kappa shape index (κ2) is 4.35. The average molecular weight is 252 g/mol. The summed E-state index contributed by atoms with van der Waals surface area (Å²) < 4.78 is 14.0. The van der Waals surface area contributed by atoms with Crippen molar-refractivity contribution >= 4 is 16.6 Å². The number of hydrogen-bond donors (Lipinski definition) is 1. The van der Waals surface area contributed by atoms with Crippen molar-refractivity contribution in [2.24, 2.45) is 0 Å². The molecule has 0 fully saturated rings. The molecule has 0 aliphatic carbocycles. The first kappa shape index (κ1) is 11.7. The summed E-state index contributed by atoms with van der Waals surface area (Å²) in [5.74, 6) is 0.282. The van der Waals surface area contributed by atoms with E-state index in [0.29, 0.717) is 11.4 Å². The summed E-state index contributed by atoms with van der Waals surface area (Å²) >= 11 is 0. The zero-order valence-electron chi connectivity index (χ0n) is 10.5. The van der Waals surface area contributed by atoms with Crippen molar-refractivity contribution in [3.63, 3.8) is 0 Å². The summed E-state index contributed by atoms with van der Waals surface area (Å²) in [6.07, 6.45) is 1.71. The SMILES string of the molecule is Cc1cccc(F)c1-c1ccc2cc(N)ncc2c1. The topological polar surface area (TPSA) is 38.9 Å². The van der Waals surface area contributed by atoms with Gasteiger partial charge in [-0.2, -0.15) is 0 Å². The lowest BCUT2D eigenvalue weighted by atomic mass is 9.98. The zero-order valence-corrected chi connectivity index (χ0v) is 10.5. The molecule has 0 radical (unpaired) electrons. The summed E-state index contributed by atoms with van der Waals surface area (Å²) in [5.41, 5.74) is 8.07. The highest BCUT2D eigenvalue weighted by Crippen LogP contribution is 2.29. The Morgan fingerprint density at radius 3 is 2.68 bits per heavy atom. The monoisotopic (exact) mass is 252 g/mol. The van der Waals surface area contributed by atoms with Crippen molar-refractivity contribution < 1.29 is 4.39 Å². The maximum atomic E-state index is 14.0. The number of aryl methyl sites for hydroxylation is 1. The van der Waals surface area contributed by atoms with Crippen LogP contribution in [0.15, 0.2) is 48.7 Å². The third-order valence-electron chi connectivity index (χ3n) is 3.25. The predicted molar refractivity (Wildman–Crippen MR) is 76.3 cm³/mol. The van der Waals surface area contributed by atoms with Gasteiger partial charge >= 0.3 is 0 Å². The molecule has 19 heavy (non-hydrogen) atoms. The van der Waals surface area contributed by atoms with Crippen molar-refractivity contribution in [2.75, 3.05) is 5.73 Å². The molecule has 94 valence electrons. The summed E-state index contributed by atoms with van der Waals surface area (Å²) in [7, 11) is 0. The molecule has 0 saturated heterocycles. The molecule has 3 rings (SSSR count). The predicted octanol–water partition coefficient (Wildman–Crippen LogP) is 3.93. The average Bonchev–Trinajstić information content (AvgIpc) is 2.38. The lowest BCUT2D eigenvalue weighted by Gasteiger charge is -2.08. The fourth-order valence-electron chi connectivity index (χ4n) is 2.31. The van der Waals surface area contributed by atoms with Crippen LogP contribution in [0.5, 0.6) is 0 Å². The molecule has 0 aliphatic rings. The summed E-state index contributed by atoms with van der Waals surface area (Å²) in [4.78, 5) is 4.07. The molecule has 0 atom stereocenters. The third-order valence-corrected chi connectivity index (χ3v) is 3.25. The van der Waals surface area contributed by atoms with E-state index in [-0.39, 0.29) is 5.82 Å². The van der Waals surface area contributed by atoms with Gasteiger partial charge in [0.25, 0.3) is 0 Å². The number of pyridine rings is 1. The standard InChI is InChI=1S/C16H13FN2/c1-10-3-2-4-14(17)16(10)12-6-5-11-8-15(18)19-9-13(11)7-12/h2-9H,1H3,(H2,18,19). The molecule has 3 heteroatoms. The van der Waals surface area contributed by atoms with Crippen LogP contribution in [0.1, 0.15) is 5.56 Å². The first-order valence-corrected chi connectivity index (χ1v) is 6.06. The number of nitrogen functional groups attached to an aromatic ring is 1. The van der Waals surface area contributed by atoms with E-state index in [1.165, 1.54) is 6.07 Å². The van der Waals surface area contributed by atoms with Gasteiger partial charge in [-0.25, -0.2) is 9.37 Å². The van der Waals surface area contributed by atoms with Crippen LogP contribution in [0.25, 0.3) is 21.9 Å². The van der Waals surface area contributed by atoms with Gasteiger partial charge in [-0.1, -0.05) is 24.3 Å². The number of fused-ring (bicyclic) bond motifs is 1. The molecule has 1 aromatic heterocycles. The Kier molecular flexibility index (Phi) is 2.67. The van der Waals surface area contributed by atoms with Gasteiger partial charge in [0.1, 0.15) is 11.6 Å². The van der Waals surface area contributed by atoms with E-state index in [1.54, 1.807) is 12.3 Å². The molecule has 0 aliphatic heterocycles. The minimum atomic E-state index is -0.206. The van der Waals surface area contributed by atoms with Crippen LogP contribution in [0.3, 0.4) is 0 Å². The Balaban J connectivity index is 2.24. The van der Waals surface area contributed by atoms with Gasteiger partial charge < -0.3 is 5.73 Å². The van der Waals surface area contributed by atoms with E-state index < -0.39 is 0 Å². The number of anilines is 1. The van der Waals surface area contributed by atoms with Crippen molar-refractivity contribution in [1.29, 1.82) is 0 Å². The fraction of sp³-hybridized carbons (Fsp3) is 0.0625. The minimum absolute atomic E-state index is 0.206. The van der Waals surface area contributed by atoms with Crippen LogP contribution < -0.4 is 5.73 Å². The molecule has 0 bridgehead atoms. The largest absolute Gasteiger partial charge is 0.384 e. The Morgan fingerprint density at radius 1 is 1.05 bits per heavy atom. The third kappa shape index (κ3) is 2.03. The van der Waals surface area contributed by atoms with Gasteiger partial charge in [0.2, 0.25) is 0 Å². The van der Waals surface area contributed by atoms with Gasteiger partial charge in [-0.15, -0.1) is 0 Å². The summed E-state index contributed by atoms with van der Waals surface area (Å²) in [6, 6.07) is 12.7. The molecule has 2 N–H and O–H groups in total. The first-order valence-electron chi connectivity index (χ1n) is 6.06. The van der Waals surface area contributed by atoms with E-state index in [0.717, 1.165) is 21.9 Å². The number of hydrogen-bond acceptors (Lipinski definition) is 2. The van der Waals surface area contributed by atoms with E-state index in [1.807, 2.05) is 37.3 Å². The van der Waals surface area contributed by atoms with E-state index >= 15 is 0 Å². The van der Waals surface area contributed by atoms with Gasteiger partial charge in [-0.3, -0.25) is 0 Å². The zero-order chi connectivity index (χ0) is 13.4. The van der Waals surface area contributed by atoms with Crippen molar-refractivity contribution in [3.05, 3.63) is 60.0 Å². The molecular formula is C16H13FN2. The Bertz CT molecular complexity index is 746. The molecule has 0 unspecified atom stereocenters. The van der Waals surface area contributed by atoms with E-state index in [4.69, 9.17) is 5.73 Å². The molecule has 2 nitrogen and oxygen atoms in total. The lowest BCUT2D eigenvalue weighted by Crippen LogP contribution is -1.91. The number of nitrogens with two attached hydrogens (primary N) is 1. The number of halogens is 1. The molecule has 2 aromatic carbocycles. The molecular weight excluding hydrogens is 239 g/mol. The van der Waals surface area contributed by atoms with Crippen LogP contribution in [0.2, 0.25) is 0 Å². The number of rotatable bonds is 1. The highest BCUT2D eigenvalue weighted by molar-refractivity contribution is 5.88. The smallest absolute Gasteiger partial charge is 0.131 e. The summed E-state index contributed by atoms with van der Waals surface area (Å²) in [6.45, 7) is 1.91. The molecule has 0 saturated carbocycles. The van der Waals surface area contributed by atoms with Crippen LogP contribution in [-0.2, 0) is 0 Å². The first-order chi connectivity index (χ1) is 9.15.